The zero-order valence-corrected chi connectivity index (χ0v) is 20.9. The second-order valence-corrected chi connectivity index (χ2v) is 12.9. The lowest BCUT2D eigenvalue weighted by molar-refractivity contribution is -0.209. The van der Waals surface area contributed by atoms with Crippen LogP contribution in [0.2, 0.25) is 0 Å². The summed E-state index contributed by atoms with van der Waals surface area (Å²) in [5.74, 6) is 1.39. The smallest absolute Gasteiger partial charge is 0.181 e. The molecule has 188 valence electrons. The highest BCUT2D eigenvalue weighted by Gasteiger charge is 2.77. The Labute approximate surface area is 216 Å². The van der Waals surface area contributed by atoms with E-state index < -0.39 is 22.5 Å². The van der Waals surface area contributed by atoms with Crippen molar-refractivity contribution in [3.8, 4) is 11.5 Å². The fourth-order valence-electron chi connectivity index (χ4n) is 9.28. The van der Waals surface area contributed by atoms with Gasteiger partial charge in [-0.05, 0) is 90.9 Å². The van der Waals surface area contributed by atoms with E-state index in [1.165, 1.54) is 34.7 Å². The molecule has 0 aromatic heterocycles. The minimum Gasteiger partial charge on any atom is -0.504 e. The molecule has 3 aromatic carbocycles. The SMILES string of the molecule is O=C1C2Oc3c(O)ccc4c3C23CCN(CC2CC2)C(C4)[C@]3(O)CC12Cc1cc3ccccc3cc1C2. The molecule has 1 saturated heterocycles. The van der Waals surface area contributed by atoms with E-state index in [9.17, 15) is 15.0 Å². The van der Waals surface area contributed by atoms with Crippen LogP contribution in [0, 0.1) is 11.3 Å². The summed E-state index contributed by atoms with van der Waals surface area (Å²) in [6.07, 6.45) is 5.00. The summed E-state index contributed by atoms with van der Waals surface area (Å²) < 4.78 is 6.50. The lowest BCUT2D eigenvalue weighted by Gasteiger charge is -2.65. The van der Waals surface area contributed by atoms with Crippen molar-refractivity contribution in [2.75, 3.05) is 13.1 Å². The van der Waals surface area contributed by atoms with Crippen molar-refractivity contribution in [3.05, 3.63) is 70.8 Å². The van der Waals surface area contributed by atoms with Gasteiger partial charge in [0.05, 0.1) is 11.0 Å². The number of carbonyl (C=O) groups excluding carboxylic acids is 1. The Kier molecular flexibility index (Phi) is 3.74. The number of phenols is 1. The normalized spacial score (nSPS) is 34.5. The second kappa shape index (κ2) is 6.57. The van der Waals surface area contributed by atoms with Gasteiger partial charge in [-0.3, -0.25) is 9.69 Å². The lowest BCUT2D eigenvalue weighted by Crippen LogP contribution is -2.79. The number of nitrogens with zero attached hydrogens (tertiary/aromatic N) is 1. The molecule has 3 aromatic rings. The van der Waals surface area contributed by atoms with Crippen LogP contribution in [-0.2, 0) is 29.5 Å². The van der Waals surface area contributed by atoms with Crippen LogP contribution in [-0.4, -0.2) is 51.7 Å². The molecule has 2 N–H and O–H groups in total. The summed E-state index contributed by atoms with van der Waals surface area (Å²) in [7, 11) is 0. The van der Waals surface area contributed by atoms with Crippen molar-refractivity contribution in [3.63, 3.8) is 0 Å². The van der Waals surface area contributed by atoms with Gasteiger partial charge in [0.25, 0.3) is 0 Å². The molecule has 5 heteroatoms. The number of carbonyl (C=O) groups is 1. The van der Waals surface area contributed by atoms with Gasteiger partial charge in [-0.2, -0.15) is 0 Å². The Bertz CT molecular complexity index is 1500. The number of fused-ring (bicyclic) bond motifs is 2. The van der Waals surface area contributed by atoms with Gasteiger partial charge in [0.15, 0.2) is 23.4 Å². The molecule has 0 amide bonds. The summed E-state index contributed by atoms with van der Waals surface area (Å²) >= 11 is 0. The number of rotatable bonds is 2. The van der Waals surface area contributed by atoms with Crippen LogP contribution in [0.1, 0.15) is 47.9 Å². The Hall–Kier alpha value is -2.89. The molecule has 2 bridgehead atoms. The fourth-order valence-corrected chi connectivity index (χ4v) is 9.28. The molecule has 4 atom stereocenters. The van der Waals surface area contributed by atoms with Crippen LogP contribution in [0.5, 0.6) is 11.5 Å². The monoisotopic (exact) mass is 493 g/mol. The number of piperidine rings is 1. The summed E-state index contributed by atoms with van der Waals surface area (Å²) in [5, 5.41) is 26.3. The summed E-state index contributed by atoms with van der Waals surface area (Å²) in [5.41, 5.74) is 1.97. The van der Waals surface area contributed by atoms with Gasteiger partial charge >= 0.3 is 0 Å². The van der Waals surface area contributed by atoms with Gasteiger partial charge in [0.2, 0.25) is 0 Å². The molecule has 0 radical (unpaired) electrons. The van der Waals surface area contributed by atoms with Crippen molar-refractivity contribution >= 4 is 16.6 Å². The first-order valence-corrected chi connectivity index (χ1v) is 14.0. The van der Waals surface area contributed by atoms with Crippen LogP contribution in [0.3, 0.4) is 0 Å². The van der Waals surface area contributed by atoms with E-state index in [1.54, 1.807) is 6.07 Å². The van der Waals surface area contributed by atoms with E-state index in [0.29, 0.717) is 31.4 Å². The number of aromatic hydroxyl groups is 1. The largest absolute Gasteiger partial charge is 0.504 e. The van der Waals surface area contributed by atoms with E-state index in [4.69, 9.17) is 4.74 Å². The number of hydrogen-bond donors (Lipinski definition) is 2. The number of hydrogen-bond acceptors (Lipinski definition) is 5. The van der Waals surface area contributed by atoms with Gasteiger partial charge in [0.1, 0.15) is 0 Å². The topological polar surface area (TPSA) is 70.0 Å². The van der Waals surface area contributed by atoms with E-state index in [0.717, 1.165) is 36.6 Å². The number of Topliss-reactive ketones (excluding diaryl/α,β-unsaturated/α-hetero) is 1. The predicted octanol–water partition coefficient (Wildman–Crippen LogP) is 4.07. The van der Waals surface area contributed by atoms with E-state index in [-0.39, 0.29) is 17.6 Å². The third kappa shape index (κ3) is 2.42. The van der Waals surface area contributed by atoms with Gasteiger partial charge in [-0.15, -0.1) is 0 Å². The maximum absolute atomic E-state index is 14.6. The molecule has 4 aliphatic carbocycles. The standard InChI is InChI=1S/C32H31NO4/c34-24-8-7-21-13-25-32(36)17-30(14-22-11-19-3-1-2-4-20(19)12-23(22)15-30)28(35)29-31(32,26(21)27(24)37-29)9-10-33(25)16-18-5-6-18/h1-4,7-8,11-12,18,25,29,34,36H,5-6,9-10,13-17H2/t25?,29?,31?,32-/m1/s1. The maximum atomic E-state index is 14.6. The average molecular weight is 494 g/mol. The molecule has 2 saturated carbocycles. The molecule has 2 aliphatic heterocycles. The summed E-state index contributed by atoms with van der Waals surface area (Å²) in [6, 6.07) is 16.6. The number of ketones is 1. The fraction of sp³-hybridized carbons (Fsp3) is 0.469. The highest BCUT2D eigenvalue weighted by molar-refractivity contribution is 5.96. The first-order valence-electron chi connectivity index (χ1n) is 14.0. The van der Waals surface area contributed by atoms with E-state index in [2.05, 4.69) is 41.3 Å². The number of benzene rings is 3. The average Bonchev–Trinajstić information content (AvgIpc) is 3.52. The molecular weight excluding hydrogens is 462 g/mol. The molecule has 37 heavy (non-hydrogen) atoms. The number of likely N-dealkylation sites (tertiary alicyclic amines) is 1. The quantitative estimate of drug-likeness (QED) is 0.563. The van der Waals surface area contributed by atoms with Gasteiger partial charge in [-0.25, -0.2) is 0 Å². The third-order valence-corrected chi connectivity index (χ3v) is 11.0. The van der Waals surface area contributed by atoms with Crippen molar-refractivity contribution in [1.82, 2.24) is 4.90 Å². The molecule has 3 fully saturated rings. The van der Waals surface area contributed by atoms with Crippen LogP contribution >= 0.6 is 0 Å². The van der Waals surface area contributed by atoms with Crippen molar-refractivity contribution in [1.29, 1.82) is 0 Å². The van der Waals surface area contributed by atoms with Crippen LogP contribution in [0.4, 0.5) is 0 Å². The van der Waals surface area contributed by atoms with Gasteiger partial charge in [-0.1, -0.05) is 42.5 Å². The number of phenolic OH excluding ortho intramolecular Hbond substituents is 1. The molecule has 2 heterocycles. The van der Waals surface area contributed by atoms with E-state index >= 15 is 0 Å². The van der Waals surface area contributed by atoms with Crippen LogP contribution < -0.4 is 4.74 Å². The van der Waals surface area contributed by atoms with Crippen molar-refractivity contribution in [2.45, 2.75) is 68.1 Å². The zero-order chi connectivity index (χ0) is 24.7. The Morgan fingerprint density at radius 3 is 2.43 bits per heavy atom. The Balaban J connectivity index is 1.22. The Morgan fingerprint density at radius 1 is 1.00 bits per heavy atom. The molecule has 9 rings (SSSR count). The first-order chi connectivity index (χ1) is 17.9. The lowest BCUT2D eigenvalue weighted by atomic mass is 9.44. The maximum Gasteiger partial charge on any atom is 0.181 e. The minimum absolute atomic E-state index is 0.0382. The molecule has 3 unspecified atom stereocenters. The predicted molar refractivity (Wildman–Crippen MR) is 139 cm³/mol. The summed E-state index contributed by atoms with van der Waals surface area (Å²) in [4.78, 5) is 17.2. The molecule has 6 aliphatic rings. The van der Waals surface area contributed by atoms with E-state index in [1.807, 2.05) is 6.07 Å². The minimum atomic E-state index is -1.08. The van der Waals surface area contributed by atoms with Crippen LogP contribution in [0.25, 0.3) is 10.8 Å². The highest BCUT2D eigenvalue weighted by atomic mass is 16.5. The zero-order valence-electron chi connectivity index (χ0n) is 20.9. The molecule has 5 nitrogen and oxygen atoms in total. The van der Waals surface area contributed by atoms with Crippen molar-refractivity contribution < 1.29 is 19.7 Å². The summed E-state index contributed by atoms with van der Waals surface area (Å²) in [6.45, 7) is 1.89. The first kappa shape index (κ1) is 21.1. The third-order valence-electron chi connectivity index (χ3n) is 11.0. The molecular formula is C32H31NO4. The Morgan fingerprint density at radius 2 is 1.73 bits per heavy atom. The van der Waals surface area contributed by atoms with Gasteiger partial charge in [0, 0.05) is 23.6 Å². The number of ether oxygens (including phenoxy) is 1. The van der Waals surface area contributed by atoms with Crippen molar-refractivity contribution in [2.24, 2.45) is 11.3 Å². The van der Waals surface area contributed by atoms with Crippen LogP contribution in [0.15, 0.2) is 48.5 Å². The highest BCUT2D eigenvalue weighted by Crippen LogP contribution is 2.68. The molecule has 2 spiro atoms. The van der Waals surface area contributed by atoms with Gasteiger partial charge < -0.3 is 14.9 Å². The second-order valence-electron chi connectivity index (χ2n) is 12.9. The number of aliphatic hydroxyl groups is 1.